The van der Waals surface area contributed by atoms with Crippen LogP contribution in [0.1, 0.15) is 44.9 Å². The molecule has 0 amide bonds. The van der Waals surface area contributed by atoms with Gasteiger partial charge in [0.2, 0.25) is 0 Å². The Morgan fingerprint density at radius 1 is 1.00 bits per heavy atom. The van der Waals surface area contributed by atoms with E-state index in [0.717, 1.165) is 11.8 Å². The number of fused-ring (bicyclic) bond motifs is 2. The summed E-state index contributed by atoms with van der Waals surface area (Å²) in [6.45, 7) is 2.68. The van der Waals surface area contributed by atoms with E-state index in [-0.39, 0.29) is 0 Å². The summed E-state index contributed by atoms with van der Waals surface area (Å²) in [5.74, 6) is 1.91. The van der Waals surface area contributed by atoms with Crippen molar-refractivity contribution in [1.82, 2.24) is 4.90 Å². The molecule has 2 bridgehead atoms. The Hall–Kier alpha value is -0.460. The highest BCUT2D eigenvalue weighted by atomic mass is 15.1. The molecule has 1 nitrogen and oxygen atoms in total. The van der Waals surface area contributed by atoms with E-state index in [2.05, 4.69) is 11.0 Å². The standard InChI is InChI=1S/C13H21N/c1-2-4-8-14(7-3-1)13-10-11-5-6-12(13)9-11/h10-12H,1-9H2. The van der Waals surface area contributed by atoms with Gasteiger partial charge in [-0.05, 0) is 43.9 Å². The van der Waals surface area contributed by atoms with Gasteiger partial charge < -0.3 is 4.90 Å². The Morgan fingerprint density at radius 3 is 2.36 bits per heavy atom. The van der Waals surface area contributed by atoms with Crippen LogP contribution in [0.15, 0.2) is 11.8 Å². The monoisotopic (exact) mass is 191 g/mol. The molecule has 0 N–H and O–H groups in total. The van der Waals surface area contributed by atoms with E-state index < -0.39 is 0 Å². The summed E-state index contributed by atoms with van der Waals surface area (Å²) in [6, 6.07) is 0. The van der Waals surface area contributed by atoms with Crippen molar-refractivity contribution in [2.45, 2.75) is 44.9 Å². The second-order valence-electron chi connectivity index (χ2n) is 5.26. The third-order valence-corrected chi connectivity index (χ3v) is 4.27. The van der Waals surface area contributed by atoms with E-state index in [4.69, 9.17) is 0 Å². The number of likely N-dealkylation sites (tertiary alicyclic amines) is 1. The maximum atomic E-state index is 2.71. The van der Waals surface area contributed by atoms with Crippen molar-refractivity contribution >= 4 is 0 Å². The predicted molar refractivity (Wildman–Crippen MR) is 59.0 cm³/mol. The fourth-order valence-electron chi connectivity index (χ4n) is 3.51. The first kappa shape index (κ1) is 8.82. The second kappa shape index (κ2) is 3.60. The minimum absolute atomic E-state index is 0.957. The molecule has 1 heterocycles. The highest BCUT2D eigenvalue weighted by molar-refractivity contribution is 5.18. The van der Waals surface area contributed by atoms with Crippen LogP contribution in [0.2, 0.25) is 0 Å². The number of rotatable bonds is 1. The average Bonchev–Trinajstić information content (AvgIpc) is 2.72. The molecule has 1 saturated carbocycles. The van der Waals surface area contributed by atoms with Gasteiger partial charge in [0, 0.05) is 18.8 Å². The fourth-order valence-corrected chi connectivity index (χ4v) is 3.51. The summed E-state index contributed by atoms with van der Waals surface area (Å²) in [4.78, 5) is 2.71. The zero-order valence-electron chi connectivity index (χ0n) is 9.04. The third-order valence-electron chi connectivity index (χ3n) is 4.27. The van der Waals surface area contributed by atoms with Crippen LogP contribution in [0.3, 0.4) is 0 Å². The van der Waals surface area contributed by atoms with Gasteiger partial charge in [0.25, 0.3) is 0 Å². The van der Waals surface area contributed by atoms with Gasteiger partial charge in [-0.15, -0.1) is 0 Å². The molecule has 0 aromatic heterocycles. The topological polar surface area (TPSA) is 3.24 Å². The maximum absolute atomic E-state index is 2.71. The molecule has 3 aliphatic rings. The molecule has 0 aromatic carbocycles. The zero-order valence-corrected chi connectivity index (χ0v) is 9.04. The van der Waals surface area contributed by atoms with Gasteiger partial charge in [0.1, 0.15) is 0 Å². The molecule has 2 atom stereocenters. The van der Waals surface area contributed by atoms with E-state index in [9.17, 15) is 0 Å². The highest BCUT2D eigenvalue weighted by Crippen LogP contribution is 2.45. The van der Waals surface area contributed by atoms with Crippen molar-refractivity contribution in [2.75, 3.05) is 13.1 Å². The molecular formula is C13H21N. The predicted octanol–water partition coefficient (Wildman–Crippen LogP) is 3.18. The second-order valence-corrected chi connectivity index (χ2v) is 5.26. The Kier molecular flexibility index (Phi) is 2.27. The lowest BCUT2D eigenvalue weighted by molar-refractivity contribution is 0.317. The van der Waals surface area contributed by atoms with E-state index in [1.807, 2.05) is 0 Å². The lowest BCUT2D eigenvalue weighted by atomic mass is 10.0. The highest BCUT2D eigenvalue weighted by Gasteiger charge is 2.35. The molecule has 78 valence electrons. The summed E-state index contributed by atoms with van der Waals surface area (Å²) in [5.41, 5.74) is 1.74. The molecule has 2 aliphatic carbocycles. The minimum Gasteiger partial charge on any atom is -0.375 e. The Balaban J connectivity index is 1.72. The molecule has 1 saturated heterocycles. The van der Waals surface area contributed by atoms with Crippen LogP contribution >= 0.6 is 0 Å². The zero-order chi connectivity index (χ0) is 9.38. The molecule has 2 fully saturated rings. The van der Waals surface area contributed by atoms with Crippen LogP contribution in [-0.4, -0.2) is 18.0 Å². The van der Waals surface area contributed by atoms with Gasteiger partial charge in [-0.2, -0.15) is 0 Å². The van der Waals surface area contributed by atoms with Crippen molar-refractivity contribution < 1.29 is 0 Å². The molecule has 3 rings (SSSR count). The maximum Gasteiger partial charge on any atom is 0.0174 e. The molecule has 0 spiro atoms. The van der Waals surface area contributed by atoms with E-state index in [0.29, 0.717) is 0 Å². The lowest BCUT2D eigenvalue weighted by Crippen LogP contribution is -2.26. The van der Waals surface area contributed by atoms with Gasteiger partial charge in [-0.1, -0.05) is 18.9 Å². The molecule has 0 aromatic rings. The SMILES string of the molecule is C1=C(N2CCCCCC2)C2CCC1C2. The van der Waals surface area contributed by atoms with Gasteiger partial charge in [-0.3, -0.25) is 0 Å². The van der Waals surface area contributed by atoms with Crippen molar-refractivity contribution in [3.05, 3.63) is 11.8 Å². The van der Waals surface area contributed by atoms with Gasteiger partial charge >= 0.3 is 0 Å². The normalized spacial score (nSPS) is 37.1. The third kappa shape index (κ3) is 1.47. The van der Waals surface area contributed by atoms with Gasteiger partial charge in [-0.25, -0.2) is 0 Å². The molecule has 0 radical (unpaired) electrons. The first-order valence-electron chi connectivity index (χ1n) is 6.40. The van der Waals surface area contributed by atoms with Crippen molar-refractivity contribution in [3.8, 4) is 0 Å². The van der Waals surface area contributed by atoms with Crippen LogP contribution in [0.5, 0.6) is 0 Å². The van der Waals surface area contributed by atoms with Gasteiger partial charge in [0.15, 0.2) is 0 Å². The first-order chi connectivity index (χ1) is 6.93. The number of nitrogens with zero attached hydrogens (tertiary/aromatic N) is 1. The van der Waals surface area contributed by atoms with E-state index >= 15 is 0 Å². The first-order valence-corrected chi connectivity index (χ1v) is 6.40. The van der Waals surface area contributed by atoms with E-state index in [1.54, 1.807) is 5.70 Å². The quantitative estimate of drug-likeness (QED) is 0.615. The Morgan fingerprint density at radius 2 is 1.79 bits per heavy atom. The van der Waals surface area contributed by atoms with Crippen LogP contribution in [0.25, 0.3) is 0 Å². The van der Waals surface area contributed by atoms with E-state index in [1.165, 1.54) is 58.0 Å². The fraction of sp³-hybridized carbons (Fsp3) is 0.846. The Bertz CT molecular complexity index is 236. The minimum atomic E-state index is 0.957. The van der Waals surface area contributed by atoms with Crippen LogP contribution in [-0.2, 0) is 0 Å². The molecule has 1 heteroatoms. The van der Waals surface area contributed by atoms with Crippen molar-refractivity contribution in [3.63, 3.8) is 0 Å². The van der Waals surface area contributed by atoms with Crippen LogP contribution in [0, 0.1) is 11.8 Å². The largest absolute Gasteiger partial charge is 0.375 e. The summed E-state index contributed by atoms with van der Waals surface area (Å²) in [6.07, 6.45) is 12.8. The Labute approximate surface area is 87.2 Å². The summed E-state index contributed by atoms with van der Waals surface area (Å²) >= 11 is 0. The van der Waals surface area contributed by atoms with Crippen molar-refractivity contribution in [2.24, 2.45) is 11.8 Å². The number of hydrogen-bond donors (Lipinski definition) is 0. The summed E-state index contributed by atoms with van der Waals surface area (Å²) in [5, 5.41) is 0. The molecule has 14 heavy (non-hydrogen) atoms. The number of allylic oxidation sites excluding steroid dienone is 2. The van der Waals surface area contributed by atoms with Crippen LogP contribution in [0.4, 0.5) is 0 Å². The molecular weight excluding hydrogens is 170 g/mol. The number of hydrogen-bond acceptors (Lipinski definition) is 1. The lowest BCUT2D eigenvalue weighted by Gasteiger charge is -2.29. The average molecular weight is 191 g/mol. The van der Waals surface area contributed by atoms with Crippen molar-refractivity contribution in [1.29, 1.82) is 0 Å². The van der Waals surface area contributed by atoms with Crippen LogP contribution < -0.4 is 0 Å². The molecule has 2 unspecified atom stereocenters. The van der Waals surface area contributed by atoms with Gasteiger partial charge in [0.05, 0.1) is 0 Å². The smallest absolute Gasteiger partial charge is 0.0174 e. The summed E-state index contributed by atoms with van der Waals surface area (Å²) < 4.78 is 0. The summed E-state index contributed by atoms with van der Waals surface area (Å²) in [7, 11) is 0. The molecule has 1 aliphatic heterocycles.